The van der Waals surface area contributed by atoms with Crippen LogP contribution in [0.5, 0.6) is 5.75 Å². The van der Waals surface area contributed by atoms with Gasteiger partial charge in [0.15, 0.2) is 0 Å². The van der Waals surface area contributed by atoms with Gasteiger partial charge in [0.1, 0.15) is 5.75 Å². The Hall–Kier alpha value is -2.90. The number of nitrogens with zero attached hydrogens (tertiary/aromatic N) is 4. The van der Waals surface area contributed by atoms with Gasteiger partial charge in [0.25, 0.3) is 0 Å². The molecule has 7 heteroatoms. The number of piperidine rings is 1. The average Bonchev–Trinajstić information content (AvgIpc) is 3.43. The van der Waals surface area contributed by atoms with Gasteiger partial charge < -0.3 is 19.9 Å². The fourth-order valence-corrected chi connectivity index (χ4v) is 4.81. The van der Waals surface area contributed by atoms with Crippen LogP contribution in [0.4, 0.5) is 5.95 Å². The van der Waals surface area contributed by atoms with E-state index in [0.717, 1.165) is 68.1 Å². The number of thiazole rings is 1. The van der Waals surface area contributed by atoms with Crippen LogP contribution < -0.4 is 5.32 Å². The van der Waals surface area contributed by atoms with Crippen molar-refractivity contribution in [1.82, 2.24) is 19.4 Å². The first-order valence-corrected chi connectivity index (χ1v) is 11.8. The van der Waals surface area contributed by atoms with Crippen molar-refractivity contribution < 1.29 is 5.11 Å². The number of rotatable bonds is 7. The first kappa shape index (κ1) is 20.0. The number of nitrogens with one attached hydrogen (secondary N) is 1. The van der Waals surface area contributed by atoms with Crippen LogP contribution in [0, 0.1) is 0 Å². The van der Waals surface area contributed by atoms with Crippen LogP contribution in [0.2, 0.25) is 0 Å². The molecule has 1 saturated heterocycles. The number of phenolic OH excluding ortho intramolecular Hbond substituents is 1. The zero-order valence-corrected chi connectivity index (χ0v) is 18.3. The molecular weight excluding hydrogens is 406 g/mol. The number of anilines is 1. The molecule has 0 bridgehead atoms. The molecule has 0 amide bonds. The monoisotopic (exact) mass is 433 g/mol. The summed E-state index contributed by atoms with van der Waals surface area (Å²) in [5.74, 6) is 1.27. The summed E-state index contributed by atoms with van der Waals surface area (Å²) in [5, 5.41) is 15.3. The third-order valence-corrected chi connectivity index (χ3v) is 6.67. The second kappa shape index (κ2) is 9.08. The first-order chi connectivity index (χ1) is 15.2. The largest absolute Gasteiger partial charge is 0.508 e. The van der Waals surface area contributed by atoms with Gasteiger partial charge >= 0.3 is 0 Å². The van der Waals surface area contributed by atoms with Crippen molar-refractivity contribution in [3.05, 3.63) is 70.7 Å². The number of hydrogen-bond acceptors (Lipinski definition) is 6. The third-order valence-electron chi connectivity index (χ3n) is 6.03. The van der Waals surface area contributed by atoms with Crippen LogP contribution in [0.3, 0.4) is 0 Å². The average molecular weight is 434 g/mol. The van der Waals surface area contributed by atoms with Gasteiger partial charge in [-0.15, -0.1) is 11.3 Å². The van der Waals surface area contributed by atoms with E-state index in [1.807, 2.05) is 23.7 Å². The lowest BCUT2D eigenvalue weighted by Gasteiger charge is -2.32. The highest BCUT2D eigenvalue weighted by molar-refractivity contribution is 7.07. The van der Waals surface area contributed by atoms with Gasteiger partial charge in [-0.25, -0.2) is 9.97 Å². The molecule has 0 radical (unpaired) electrons. The second-order valence-corrected chi connectivity index (χ2v) is 8.89. The smallest absolute Gasteiger partial charge is 0.204 e. The molecule has 160 valence electrons. The van der Waals surface area contributed by atoms with Gasteiger partial charge in [-0.2, -0.15) is 0 Å². The number of imidazole rings is 1. The van der Waals surface area contributed by atoms with Crippen molar-refractivity contribution in [2.45, 2.75) is 31.8 Å². The maximum absolute atomic E-state index is 9.43. The zero-order chi connectivity index (χ0) is 21.0. The maximum atomic E-state index is 9.43. The molecule has 0 spiro atoms. The van der Waals surface area contributed by atoms with Gasteiger partial charge in [0, 0.05) is 31.1 Å². The second-order valence-electron chi connectivity index (χ2n) is 8.17. The summed E-state index contributed by atoms with van der Waals surface area (Å²) in [6.45, 7) is 3.96. The molecule has 1 fully saturated rings. The van der Waals surface area contributed by atoms with Gasteiger partial charge in [0.05, 0.1) is 28.8 Å². The van der Waals surface area contributed by atoms with Gasteiger partial charge in [-0.3, -0.25) is 0 Å². The molecule has 5 rings (SSSR count). The highest BCUT2D eigenvalue weighted by Gasteiger charge is 2.21. The number of hydrogen-bond donors (Lipinski definition) is 2. The number of phenols is 1. The first-order valence-electron chi connectivity index (χ1n) is 10.8. The van der Waals surface area contributed by atoms with Gasteiger partial charge in [-0.05, 0) is 49.1 Å². The molecular formula is C24H27N5OS. The van der Waals surface area contributed by atoms with Crippen LogP contribution >= 0.6 is 11.3 Å². The molecule has 31 heavy (non-hydrogen) atoms. The molecule has 2 aromatic carbocycles. The summed E-state index contributed by atoms with van der Waals surface area (Å²) in [6, 6.07) is 16.3. The minimum Gasteiger partial charge on any atom is -0.508 e. The molecule has 2 N–H and O–H groups in total. The van der Waals surface area contributed by atoms with Crippen molar-refractivity contribution in [1.29, 1.82) is 0 Å². The normalized spacial score (nSPS) is 15.5. The predicted molar refractivity (Wildman–Crippen MR) is 126 cm³/mol. The molecule has 1 aliphatic rings. The summed E-state index contributed by atoms with van der Waals surface area (Å²) in [4.78, 5) is 11.9. The van der Waals surface area contributed by atoms with E-state index in [-0.39, 0.29) is 0 Å². The summed E-state index contributed by atoms with van der Waals surface area (Å²) in [5.41, 5.74) is 6.39. The van der Waals surface area contributed by atoms with E-state index < -0.39 is 0 Å². The number of para-hydroxylation sites is 2. The Morgan fingerprint density at radius 2 is 1.87 bits per heavy atom. The minimum absolute atomic E-state index is 0.330. The van der Waals surface area contributed by atoms with E-state index in [2.05, 4.69) is 43.3 Å². The predicted octanol–water partition coefficient (Wildman–Crippen LogP) is 4.37. The SMILES string of the molecule is Oc1ccc(CCN2CCC(Nc3nc4ccccc4n3Cc3cscn3)CC2)cc1. The lowest BCUT2D eigenvalue weighted by molar-refractivity contribution is 0.221. The van der Waals surface area contributed by atoms with E-state index in [1.165, 1.54) is 5.56 Å². The molecule has 4 aromatic rings. The minimum atomic E-state index is 0.330. The summed E-state index contributed by atoms with van der Waals surface area (Å²) >= 11 is 1.63. The summed E-state index contributed by atoms with van der Waals surface area (Å²) in [6.07, 6.45) is 3.23. The Balaban J connectivity index is 1.21. The number of aromatic hydroxyl groups is 1. The fraction of sp³-hybridized carbons (Fsp3) is 0.333. The maximum Gasteiger partial charge on any atom is 0.204 e. The lowest BCUT2D eigenvalue weighted by atomic mass is 10.0. The molecule has 0 atom stereocenters. The van der Waals surface area contributed by atoms with Crippen LogP contribution in [0.15, 0.2) is 59.4 Å². The number of likely N-dealkylation sites (tertiary alicyclic amines) is 1. The Labute approximate surface area is 186 Å². The Morgan fingerprint density at radius 3 is 2.65 bits per heavy atom. The lowest BCUT2D eigenvalue weighted by Crippen LogP contribution is -2.40. The Kier molecular flexibility index (Phi) is 5.86. The molecule has 0 saturated carbocycles. The standard InChI is InChI=1S/C24H27N5OS/c30-21-7-5-18(6-8-21)9-12-28-13-10-19(11-14-28)26-24-27-22-3-1-2-4-23(22)29(24)15-20-16-31-17-25-20/h1-8,16-17,19,30H,9-15H2,(H,26,27). The van der Waals surface area contributed by atoms with E-state index in [4.69, 9.17) is 4.98 Å². The van der Waals surface area contributed by atoms with E-state index >= 15 is 0 Å². The van der Waals surface area contributed by atoms with Crippen molar-refractivity contribution >= 4 is 28.3 Å². The van der Waals surface area contributed by atoms with E-state index in [9.17, 15) is 5.11 Å². The van der Waals surface area contributed by atoms with Crippen molar-refractivity contribution in [2.75, 3.05) is 25.0 Å². The van der Waals surface area contributed by atoms with Crippen LogP contribution in [-0.4, -0.2) is 50.2 Å². The molecule has 0 aliphatic carbocycles. The highest BCUT2D eigenvalue weighted by atomic mass is 32.1. The van der Waals surface area contributed by atoms with Crippen molar-refractivity contribution in [2.24, 2.45) is 0 Å². The zero-order valence-electron chi connectivity index (χ0n) is 17.4. The van der Waals surface area contributed by atoms with E-state index in [1.54, 1.807) is 23.5 Å². The number of benzene rings is 2. The van der Waals surface area contributed by atoms with Crippen molar-refractivity contribution in [3.63, 3.8) is 0 Å². The Bertz CT molecular complexity index is 1110. The topological polar surface area (TPSA) is 66.2 Å². The Morgan fingerprint density at radius 1 is 1.06 bits per heavy atom. The fourth-order valence-electron chi connectivity index (χ4n) is 4.26. The van der Waals surface area contributed by atoms with Crippen LogP contribution in [0.1, 0.15) is 24.1 Å². The van der Waals surface area contributed by atoms with Crippen molar-refractivity contribution in [3.8, 4) is 5.75 Å². The van der Waals surface area contributed by atoms with Gasteiger partial charge in [-0.1, -0.05) is 24.3 Å². The van der Waals surface area contributed by atoms with Gasteiger partial charge in [0.2, 0.25) is 5.95 Å². The van der Waals surface area contributed by atoms with Crippen LogP contribution in [0.25, 0.3) is 11.0 Å². The molecule has 6 nitrogen and oxygen atoms in total. The number of aromatic nitrogens is 3. The summed E-state index contributed by atoms with van der Waals surface area (Å²) in [7, 11) is 0. The quantitative estimate of drug-likeness (QED) is 0.453. The molecule has 3 heterocycles. The number of fused-ring (bicyclic) bond motifs is 1. The van der Waals surface area contributed by atoms with E-state index in [0.29, 0.717) is 11.8 Å². The highest BCUT2D eigenvalue weighted by Crippen LogP contribution is 2.24. The van der Waals surface area contributed by atoms with Crippen LogP contribution in [-0.2, 0) is 13.0 Å². The third kappa shape index (κ3) is 4.73. The summed E-state index contributed by atoms with van der Waals surface area (Å²) < 4.78 is 2.25. The molecule has 1 aliphatic heterocycles. The molecule has 0 unspecified atom stereocenters. The molecule has 2 aromatic heterocycles.